The SMILES string of the molecule is CCCOc1nc(NC)nc(NCCc2noc(C)n2)n1. The normalized spacial score (nSPS) is 10.4. The van der Waals surface area contributed by atoms with Crippen LogP contribution in [0.2, 0.25) is 0 Å². The van der Waals surface area contributed by atoms with Crippen molar-refractivity contribution < 1.29 is 9.26 Å². The van der Waals surface area contributed by atoms with E-state index < -0.39 is 0 Å². The van der Waals surface area contributed by atoms with Crippen molar-refractivity contribution in [1.29, 1.82) is 0 Å². The van der Waals surface area contributed by atoms with Gasteiger partial charge in [-0.1, -0.05) is 12.1 Å². The first-order valence-corrected chi connectivity index (χ1v) is 6.81. The summed E-state index contributed by atoms with van der Waals surface area (Å²) in [6, 6.07) is 0.300. The van der Waals surface area contributed by atoms with Gasteiger partial charge in [-0.3, -0.25) is 0 Å². The Labute approximate surface area is 122 Å². The van der Waals surface area contributed by atoms with Crippen LogP contribution in [0.4, 0.5) is 11.9 Å². The van der Waals surface area contributed by atoms with Crippen LogP contribution in [0.15, 0.2) is 4.52 Å². The van der Waals surface area contributed by atoms with E-state index in [1.54, 1.807) is 14.0 Å². The van der Waals surface area contributed by atoms with Crippen LogP contribution >= 0.6 is 0 Å². The molecule has 0 saturated heterocycles. The lowest BCUT2D eigenvalue weighted by atomic mass is 10.4. The standard InChI is InChI=1S/C12H19N7O2/c1-4-7-20-12-17-10(13-3)16-11(18-12)14-6-5-9-15-8(2)21-19-9/h4-7H2,1-3H3,(H2,13,14,16,17,18). The Morgan fingerprint density at radius 3 is 2.62 bits per heavy atom. The molecule has 0 atom stereocenters. The highest BCUT2D eigenvalue weighted by molar-refractivity contribution is 5.35. The average Bonchev–Trinajstić information content (AvgIpc) is 2.90. The van der Waals surface area contributed by atoms with E-state index in [0.29, 0.717) is 49.2 Å². The van der Waals surface area contributed by atoms with Crippen molar-refractivity contribution in [2.45, 2.75) is 26.7 Å². The van der Waals surface area contributed by atoms with Gasteiger partial charge in [-0.25, -0.2) is 0 Å². The minimum absolute atomic E-state index is 0.300. The molecule has 2 N–H and O–H groups in total. The Balaban J connectivity index is 1.94. The molecule has 2 aromatic heterocycles. The number of hydrogen-bond acceptors (Lipinski definition) is 9. The fraction of sp³-hybridized carbons (Fsp3) is 0.583. The molecule has 0 unspecified atom stereocenters. The summed E-state index contributed by atoms with van der Waals surface area (Å²) in [4.78, 5) is 16.7. The number of nitrogens with one attached hydrogen (secondary N) is 2. The molecule has 21 heavy (non-hydrogen) atoms. The molecule has 0 aliphatic carbocycles. The van der Waals surface area contributed by atoms with Crippen molar-refractivity contribution in [2.75, 3.05) is 30.8 Å². The lowest BCUT2D eigenvalue weighted by Gasteiger charge is -2.08. The molecule has 2 aromatic rings. The van der Waals surface area contributed by atoms with Crippen molar-refractivity contribution >= 4 is 11.9 Å². The molecule has 0 spiro atoms. The molecule has 0 amide bonds. The highest BCUT2D eigenvalue weighted by Gasteiger charge is 2.07. The summed E-state index contributed by atoms with van der Waals surface area (Å²) in [6.07, 6.45) is 1.50. The van der Waals surface area contributed by atoms with E-state index in [1.807, 2.05) is 6.92 Å². The Morgan fingerprint density at radius 2 is 1.95 bits per heavy atom. The maximum absolute atomic E-state index is 5.42. The summed E-state index contributed by atoms with van der Waals surface area (Å²) in [5, 5.41) is 9.79. The first-order chi connectivity index (χ1) is 10.2. The Hall–Kier alpha value is -2.45. The predicted octanol–water partition coefficient (Wildman–Crippen LogP) is 1.05. The topological polar surface area (TPSA) is 111 Å². The largest absolute Gasteiger partial charge is 0.463 e. The van der Waals surface area contributed by atoms with E-state index in [-0.39, 0.29) is 0 Å². The Kier molecular flexibility index (Phi) is 5.24. The number of anilines is 2. The quantitative estimate of drug-likeness (QED) is 0.737. The van der Waals surface area contributed by atoms with Gasteiger partial charge in [0.05, 0.1) is 6.61 Å². The summed E-state index contributed by atoms with van der Waals surface area (Å²) in [7, 11) is 1.74. The fourth-order valence-electron chi connectivity index (χ4n) is 1.53. The second kappa shape index (κ2) is 7.36. The molecule has 2 heterocycles. The third-order valence-corrected chi connectivity index (χ3v) is 2.48. The smallest absolute Gasteiger partial charge is 0.323 e. The van der Waals surface area contributed by atoms with Gasteiger partial charge in [0.2, 0.25) is 17.8 Å². The molecular weight excluding hydrogens is 274 g/mol. The van der Waals surface area contributed by atoms with Gasteiger partial charge in [0.25, 0.3) is 0 Å². The van der Waals surface area contributed by atoms with Crippen molar-refractivity contribution in [3.63, 3.8) is 0 Å². The van der Waals surface area contributed by atoms with Crippen molar-refractivity contribution in [3.8, 4) is 6.01 Å². The first kappa shape index (κ1) is 14.9. The number of ether oxygens (including phenoxy) is 1. The van der Waals surface area contributed by atoms with E-state index >= 15 is 0 Å². The van der Waals surface area contributed by atoms with Gasteiger partial charge in [-0.05, 0) is 6.42 Å². The monoisotopic (exact) mass is 293 g/mol. The van der Waals surface area contributed by atoms with Crippen LogP contribution in [0.5, 0.6) is 6.01 Å². The highest BCUT2D eigenvalue weighted by atomic mass is 16.5. The predicted molar refractivity (Wildman–Crippen MR) is 76.4 cm³/mol. The minimum Gasteiger partial charge on any atom is -0.463 e. The molecule has 0 aliphatic rings. The van der Waals surface area contributed by atoms with Gasteiger partial charge in [-0.15, -0.1) is 0 Å². The molecule has 9 heteroatoms. The van der Waals surface area contributed by atoms with Crippen molar-refractivity contribution in [2.24, 2.45) is 0 Å². The molecule has 0 radical (unpaired) electrons. The Morgan fingerprint density at radius 1 is 1.14 bits per heavy atom. The number of aromatic nitrogens is 5. The van der Waals surface area contributed by atoms with Gasteiger partial charge < -0.3 is 19.9 Å². The highest BCUT2D eigenvalue weighted by Crippen LogP contribution is 2.11. The molecule has 2 rings (SSSR count). The summed E-state index contributed by atoms with van der Waals surface area (Å²) in [5.74, 6) is 2.10. The lowest BCUT2D eigenvalue weighted by Crippen LogP contribution is -2.12. The zero-order chi connectivity index (χ0) is 15.1. The summed E-state index contributed by atoms with van der Waals surface area (Å²) in [5.41, 5.74) is 0. The van der Waals surface area contributed by atoms with Crippen LogP contribution in [0.1, 0.15) is 25.1 Å². The minimum atomic E-state index is 0.300. The van der Waals surface area contributed by atoms with Crippen LogP contribution in [-0.4, -0.2) is 45.3 Å². The second-order valence-electron chi connectivity index (χ2n) is 4.27. The zero-order valence-corrected chi connectivity index (χ0v) is 12.4. The third-order valence-electron chi connectivity index (χ3n) is 2.48. The van der Waals surface area contributed by atoms with Crippen molar-refractivity contribution in [3.05, 3.63) is 11.7 Å². The molecule has 0 aromatic carbocycles. The maximum atomic E-state index is 5.42. The molecule has 0 saturated carbocycles. The molecular formula is C12H19N7O2. The van der Waals surface area contributed by atoms with Gasteiger partial charge in [0.1, 0.15) is 0 Å². The average molecular weight is 293 g/mol. The van der Waals surface area contributed by atoms with Crippen LogP contribution in [0.25, 0.3) is 0 Å². The van der Waals surface area contributed by atoms with Gasteiger partial charge >= 0.3 is 6.01 Å². The lowest BCUT2D eigenvalue weighted by molar-refractivity contribution is 0.292. The van der Waals surface area contributed by atoms with Gasteiger partial charge in [0.15, 0.2) is 5.82 Å². The van der Waals surface area contributed by atoms with Crippen molar-refractivity contribution in [1.82, 2.24) is 25.1 Å². The van der Waals surface area contributed by atoms with E-state index in [4.69, 9.17) is 9.26 Å². The maximum Gasteiger partial charge on any atom is 0.323 e. The fourth-order valence-corrected chi connectivity index (χ4v) is 1.53. The van der Waals surface area contributed by atoms with E-state index in [2.05, 4.69) is 35.7 Å². The van der Waals surface area contributed by atoms with Crippen LogP contribution in [-0.2, 0) is 6.42 Å². The van der Waals surface area contributed by atoms with Crippen LogP contribution in [0.3, 0.4) is 0 Å². The molecule has 9 nitrogen and oxygen atoms in total. The summed E-state index contributed by atoms with van der Waals surface area (Å²) < 4.78 is 10.3. The molecule has 114 valence electrons. The second-order valence-corrected chi connectivity index (χ2v) is 4.27. The van der Waals surface area contributed by atoms with E-state index in [1.165, 1.54) is 0 Å². The zero-order valence-electron chi connectivity index (χ0n) is 12.4. The van der Waals surface area contributed by atoms with Gasteiger partial charge in [0, 0.05) is 26.9 Å². The summed E-state index contributed by atoms with van der Waals surface area (Å²) in [6.45, 7) is 4.92. The Bertz CT molecular complexity index is 572. The molecule has 0 fully saturated rings. The number of nitrogens with zero attached hydrogens (tertiary/aromatic N) is 5. The van der Waals surface area contributed by atoms with Gasteiger partial charge in [-0.2, -0.15) is 19.9 Å². The number of hydrogen-bond donors (Lipinski definition) is 2. The van der Waals surface area contributed by atoms with Crippen LogP contribution < -0.4 is 15.4 Å². The first-order valence-electron chi connectivity index (χ1n) is 6.81. The number of rotatable bonds is 8. The molecule has 0 bridgehead atoms. The van der Waals surface area contributed by atoms with E-state index in [9.17, 15) is 0 Å². The van der Waals surface area contributed by atoms with Crippen LogP contribution in [0, 0.1) is 6.92 Å². The third kappa shape index (κ3) is 4.55. The van der Waals surface area contributed by atoms with E-state index in [0.717, 1.165) is 6.42 Å². The molecule has 0 aliphatic heterocycles. The summed E-state index contributed by atoms with van der Waals surface area (Å²) >= 11 is 0. The number of aryl methyl sites for hydroxylation is 1.